The standard InChI is InChI=1S/C6H14N2O2/c1-8(2)4-5(3-7)6(9)10/h5H,3-4,7H2,1-2H3,(H,9,10)/t5-/m1/s1. The lowest BCUT2D eigenvalue weighted by Gasteiger charge is -2.14. The van der Waals surface area contributed by atoms with E-state index in [1.165, 1.54) is 0 Å². The molecular formula is C6H14N2O2. The van der Waals surface area contributed by atoms with Gasteiger partial charge < -0.3 is 15.7 Å². The van der Waals surface area contributed by atoms with Gasteiger partial charge >= 0.3 is 5.97 Å². The lowest BCUT2D eigenvalue weighted by molar-refractivity contribution is -0.141. The van der Waals surface area contributed by atoms with E-state index in [9.17, 15) is 4.79 Å². The number of hydrogen-bond donors (Lipinski definition) is 2. The second-order valence-corrected chi connectivity index (χ2v) is 2.53. The molecule has 0 saturated heterocycles. The minimum atomic E-state index is -0.823. The molecule has 10 heavy (non-hydrogen) atoms. The molecule has 0 unspecified atom stereocenters. The van der Waals surface area contributed by atoms with Crippen molar-refractivity contribution in [3.63, 3.8) is 0 Å². The van der Waals surface area contributed by atoms with Crippen molar-refractivity contribution in [2.75, 3.05) is 27.2 Å². The van der Waals surface area contributed by atoms with Crippen molar-refractivity contribution in [3.8, 4) is 0 Å². The Hall–Kier alpha value is -0.610. The SMILES string of the molecule is CN(C)C[C@@H](CN)C(=O)O. The van der Waals surface area contributed by atoms with Crippen molar-refractivity contribution in [3.05, 3.63) is 0 Å². The van der Waals surface area contributed by atoms with Crippen molar-refractivity contribution in [2.24, 2.45) is 11.7 Å². The van der Waals surface area contributed by atoms with E-state index in [1.54, 1.807) is 0 Å². The molecule has 0 fully saturated rings. The van der Waals surface area contributed by atoms with Gasteiger partial charge in [-0.05, 0) is 14.1 Å². The highest BCUT2D eigenvalue weighted by Crippen LogP contribution is 1.94. The highest BCUT2D eigenvalue weighted by atomic mass is 16.4. The Morgan fingerprint density at radius 1 is 1.70 bits per heavy atom. The summed E-state index contributed by atoms with van der Waals surface area (Å²) in [6.07, 6.45) is 0. The Morgan fingerprint density at radius 3 is 2.30 bits per heavy atom. The summed E-state index contributed by atoms with van der Waals surface area (Å²) in [4.78, 5) is 12.2. The molecule has 4 nitrogen and oxygen atoms in total. The average molecular weight is 146 g/mol. The third-order valence-corrected chi connectivity index (χ3v) is 1.22. The van der Waals surface area contributed by atoms with Crippen LogP contribution in [-0.2, 0) is 4.79 Å². The minimum Gasteiger partial charge on any atom is -0.481 e. The molecule has 0 bridgehead atoms. The van der Waals surface area contributed by atoms with Gasteiger partial charge in [-0.3, -0.25) is 4.79 Å². The molecular weight excluding hydrogens is 132 g/mol. The maximum Gasteiger partial charge on any atom is 0.309 e. The van der Waals surface area contributed by atoms with Crippen molar-refractivity contribution < 1.29 is 9.90 Å². The van der Waals surface area contributed by atoms with Crippen LogP contribution in [0.25, 0.3) is 0 Å². The molecule has 0 aliphatic heterocycles. The number of aliphatic carboxylic acids is 1. The van der Waals surface area contributed by atoms with Crippen LogP contribution in [0.15, 0.2) is 0 Å². The molecule has 0 saturated carbocycles. The molecule has 0 aliphatic rings. The Balaban J connectivity index is 3.72. The molecule has 0 heterocycles. The fourth-order valence-electron chi connectivity index (χ4n) is 0.694. The zero-order valence-electron chi connectivity index (χ0n) is 6.37. The van der Waals surface area contributed by atoms with Gasteiger partial charge in [0.05, 0.1) is 5.92 Å². The first-order chi connectivity index (χ1) is 4.57. The molecule has 1 atom stereocenters. The third kappa shape index (κ3) is 3.42. The van der Waals surface area contributed by atoms with Crippen LogP contribution in [0.1, 0.15) is 0 Å². The Morgan fingerprint density at radius 2 is 2.20 bits per heavy atom. The largest absolute Gasteiger partial charge is 0.481 e. The predicted molar refractivity (Wildman–Crippen MR) is 38.7 cm³/mol. The molecule has 0 radical (unpaired) electrons. The topological polar surface area (TPSA) is 66.6 Å². The monoisotopic (exact) mass is 146 g/mol. The van der Waals surface area contributed by atoms with E-state index < -0.39 is 11.9 Å². The fourth-order valence-corrected chi connectivity index (χ4v) is 0.694. The van der Waals surface area contributed by atoms with E-state index in [1.807, 2.05) is 19.0 Å². The van der Waals surface area contributed by atoms with E-state index in [0.717, 1.165) is 0 Å². The van der Waals surface area contributed by atoms with E-state index in [0.29, 0.717) is 6.54 Å². The summed E-state index contributed by atoms with van der Waals surface area (Å²) in [5.74, 6) is -1.26. The van der Waals surface area contributed by atoms with Crippen LogP contribution in [0.3, 0.4) is 0 Å². The molecule has 60 valence electrons. The number of carboxylic acids is 1. The number of hydrogen-bond acceptors (Lipinski definition) is 3. The Labute approximate surface area is 60.6 Å². The number of nitrogens with zero attached hydrogens (tertiary/aromatic N) is 1. The molecule has 0 aliphatic carbocycles. The fraction of sp³-hybridized carbons (Fsp3) is 0.833. The summed E-state index contributed by atoms with van der Waals surface area (Å²) < 4.78 is 0. The predicted octanol–water partition coefficient (Wildman–Crippen LogP) is -0.792. The van der Waals surface area contributed by atoms with Crippen LogP contribution in [0, 0.1) is 5.92 Å². The van der Waals surface area contributed by atoms with Crippen molar-refractivity contribution in [2.45, 2.75) is 0 Å². The number of carbonyl (C=O) groups is 1. The van der Waals surface area contributed by atoms with Gasteiger partial charge in [-0.15, -0.1) is 0 Å². The molecule has 0 aromatic carbocycles. The van der Waals surface area contributed by atoms with Crippen LogP contribution in [0.4, 0.5) is 0 Å². The van der Waals surface area contributed by atoms with Gasteiger partial charge in [0.2, 0.25) is 0 Å². The summed E-state index contributed by atoms with van der Waals surface area (Å²) >= 11 is 0. The van der Waals surface area contributed by atoms with E-state index >= 15 is 0 Å². The summed E-state index contributed by atoms with van der Waals surface area (Å²) in [6.45, 7) is 0.708. The summed E-state index contributed by atoms with van der Waals surface area (Å²) in [6, 6.07) is 0. The van der Waals surface area contributed by atoms with Crippen LogP contribution in [-0.4, -0.2) is 43.2 Å². The lowest BCUT2D eigenvalue weighted by Crippen LogP contribution is -2.33. The van der Waals surface area contributed by atoms with Crippen molar-refractivity contribution in [1.29, 1.82) is 0 Å². The van der Waals surface area contributed by atoms with Gasteiger partial charge in [0.25, 0.3) is 0 Å². The van der Waals surface area contributed by atoms with E-state index in [2.05, 4.69) is 0 Å². The number of nitrogens with two attached hydrogens (primary N) is 1. The second-order valence-electron chi connectivity index (χ2n) is 2.53. The van der Waals surface area contributed by atoms with Gasteiger partial charge in [0.15, 0.2) is 0 Å². The highest BCUT2D eigenvalue weighted by molar-refractivity contribution is 5.70. The highest BCUT2D eigenvalue weighted by Gasteiger charge is 2.15. The normalized spacial score (nSPS) is 13.6. The summed E-state index contributed by atoms with van der Waals surface area (Å²) in [7, 11) is 3.65. The zero-order valence-corrected chi connectivity index (χ0v) is 6.37. The lowest BCUT2D eigenvalue weighted by atomic mass is 10.1. The first-order valence-electron chi connectivity index (χ1n) is 3.15. The zero-order chi connectivity index (χ0) is 8.15. The van der Waals surface area contributed by atoms with Crippen molar-refractivity contribution >= 4 is 5.97 Å². The first-order valence-corrected chi connectivity index (χ1v) is 3.15. The summed E-state index contributed by atoms with van der Waals surface area (Å²) in [5, 5.41) is 8.52. The van der Waals surface area contributed by atoms with Crippen LogP contribution >= 0.6 is 0 Å². The van der Waals surface area contributed by atoms with Gasteiger partial charge in [0.1, 0.15) is 0 Å². The molecule has 0 rings (SSSR count). The molecule has 0 aromatic rings. The van der Waals surface area contributed by atoms with Gasteiger partial charge in [-0.25, -0.2) is 0 Å². The second kappa shape index (κ2) is 4.24. The Kier molecular flexibility index (Phi) is 3.99. The van der Waals surface area contributed by atoms with Crippen molar-refractivity contribution in [1.82, 2.24) is 4.90 Å². The maximum absolute atomic E-state index is 10.4. The van der Waals surface area contributed by atoms with Gasteiger partial charge in [-0.1, -0.05) is 0 Å². The number of carboxylic acid groups (broad SMARTS) is 1. The summed E-state index contributed by atoms with van der Waals surface area (Å²) in [5.41, 5.74) is 5.21. The third-order valence-electron chi connectivity index (χ3n) is 1.22. The van der Waals surface area contributed by atoms with Gasteiger partial charge in [0, 0.05) is 13.1 Å². The van der Waals surface area contributed by atoms with E-state index in [-0.39, 0.29) is 6.54 Å². The molecule has 0 spiro atoms. The van der Waals surface area contributed by atoms with Crippen LogP contribution in [0.2, 0.25) is 0 Å². The number of rotatable bonds is 4. The van der Waals surface area contributed by atoms with Gasteiger partial charge in [-0.2, -0.15) is 0 Å². The van der Waals surface area contributed by atoms with Crippen LogP contribution in [0.5, 0.6) is 0 Å². The Bertz CT molecular complexity index is 114. The first kappa shape index (κ1) is 9.39. The minimum absolute atomic E-state index is 0.202. The molecule has 4 heteroatoms. The molecule has 3 N–H and O–H groups in total. The van der Waals surface area contributed by atoms with E-state index in [4.69, 9.17) is 10.8 Å². The van der Waals surface area contributed by atoms with Crippen LogP contribution < -0.4 is 5.73 Å². The maximum atomic E-state index is 10.4. The average Bonchev–Trinajstić information content (AvgIpc) is 1.81. The smallest absolute Gasteiger partial charge is 0.309 e. The molecule has 0 amide bonds. The molecule has 0 aromatic heterocycles. The quantitative estimate of drug-likeness (QED) is 0.545.